The number of nitrogens with zero attached hydrogens (tertiary/aromatic N) is 1. The number of piperidine rings is 1. The van der Waals surface area contributed by atoms with Gasteiger partial charge in [-0.25, -0.2) is 4.79 Å². The predicted molar refractivity (Wildman–Crippen MR) is 114 cm³/mol. The zero-order chi connectivity index (χ0) is 24.0. The molecule has 1 saturated carbocycles. The van der Waals surface area contributed by atoms with Crippen LogP contribution < -0.4 is 10.1 Å². The average Bonchev–Trinajstić information content (AvgIpc) is 3.53. The zero-order valence-electron chi connectivity index (χ0n) is 18.6. The number of aliphatic carboxylic acids is 1. The molecule has 2 aliphatic heterocycles. The summed E-state index contributed by atoms with van der Waals surface area (Å²) in [5.41, 5.74) is 1.32. The minimum atomic E-state index is -5.08. The Morgan fingerprint density at radius 2 is 1.88 bits per heavy atom. The van der Waals surface area contributed by atoms with Crippen LogP contribution in [0.25, 0.3) is 0 Å². The molecule has 33 heavy (non-hydrogen) atoms. The van der Waals surface area contributed by atoms with E-state index in [-0.39, 0.29) is 12.0 Å². The Kier molecular flexibility index (Phi) is 8.58. The summed E-state index contributed by atoms with van der Waals surface area (Å²) >= 11 is 0. The molecule has 0 aromatic heterocycles. The van der Waals surface area contributed by atoms with E-state index in [1.807, 2.05) is 12.1 Å². The Labute approximate surface area is 191 Å². The average molecular weight is 473 g/mol. The lowest BCUT2D eigenvalue weighted by Crippen LogP contribution is -2.42. The van der Waals surface area contributed by atoms with Crippen LogP contribution in [0.15, 0.2) is 24.3 Å². The molecule has 3 aliphatic rings. The first-order valence-electron chi connectivity index (χ1n) is 11.2. The summed E-state index contributed by atoms with van der Waals surface area (Å²) < 4.78 is 43.0. The van der Waals surface area contributed by atoms with Crippen molar-refractivity contribution in [1.82, 2.24) is 10.2 Å². The first-order valence-corrected chi connectivity index (χ1v) is 11.2. The minimum Gasteiger partial charge on any atom is -0.497 e. The first kappa shape index (κ1) is 25.3. The number of likely N-dealkylation sites (tertiary alicyclic amines) is 1. The molecule has 184 valence electrons. The molecule has 4 rings (SSSR count). The van der Waals surface area contributed by atoms with Gasteiger partial charge in [0.25, 0.3) is 0 Å². The van der Waals surface area contributed by atoms with Gasteiger partial charge in [-0.05, 0) is 55.3 Å². The van der Waals surface area contributed by atoms with Crippen LogP contribution in [0.5, 0.6) is 5.75 Å². The Morgan fingerprint density at radius 1 is 1.21 bits per heavy atom. The Hall–Kier alpha value is -2.33. The predicted octanol–water partition coefficient (Wildman–Crippen LogP) is 3.08. The molecule has 0 unspecified atom stereocenters. The van der Waals surface area contributed by atoms with Crippen LogP contribution in [-0.4, -0.2) is 67.5 Å². The van der Waals surface area contributed by atoms with Gasteiger partial charge in [0.2, 0.25) is 5.91 Å². The number of amides is 1. The van der Waals surface area contributed by atoms with Crippen molar-refractivity contribution in [2.75, 3.05) is 33.4 Å². The van der Waals surface area contributed by atoms with Gasteiger partial charge in [0.05, 0.1) is 26.2 Å². The van der Waals surface area contributed by atoms with E-state index in [2.05, 4.69) is 22.3 Å². The van der Waals surface area contributed by atoms with Crippen LogP contribution in [0.1, 0.15) is 31.2 Å². The van der Waals surface area contributed by atoms with Crippen molar-refractivity contribution in [3.8, 4) is 5.75 Å². The summed E-state index contributed by atoms with van der Waals surface area (Å²) in [6.07, 6.45) is -0.764. The summed E-state index contributed by atoms with van der Waals surface area (Å²) in [7, 11) is 1.70. The van der Waals surface area contributed by atoms with Crippen molar-refractivity contribution in [1.29, 1.82) is 0 Å². The number of benzene rings is 1. The van der Waals surface area contributed by atoms with E-state index >= 15 is 0 Å². The van der Waals surface area contributed by atoms with Crippen molar-refractivity contribution < 1.29 is 37.3 Å². The Morgan fingerprint density at radius 3 is 2.45 bits per heavy atom. The molecule has 1 aromatic carbocycles. The van der Waals surface area contributed by atoms with E-state index < -0.39 is 12.1 Å². The third-order valence-electron chi connectivity index (χ3n) is 6.36. The molecule has 7 nitrogen and oxygen atoms in total. The van der Waals surface area contributed by atoms with E-state index in [1.165, 1.54) is 18.4 Å². The maximum absolute atomic E-state index is 12.2. The van der Waals surface area contributed by atoms with Gasteiger partial charge in [-0.3, -0.25) is 9.69 Å². The molecule has 1 aromatic rings. The van der Waals surface area contributed by atoms with Gasteiger partial charge in [-0.2, -0.15) is 13.2 Å². The lowest BCUT2D eigenvalue weighted by molar-refractivity contribution is -0.192. The largest absolute Gasteiger partial charge is 0.497 e. The van der Waals surface area contributed by atoms with Crippen LogP contribution in [0.4, 0.5) is 13.2 Å². The van der Waals surface area contributed by atoms with E-state index in [0.29, 0.717) is 18.3 Å². The van der Waals surface area contributed by atoms with Crippen molar-refractivity contribution in [2.45, 2.75) is 44.5 Å². The minimum absolute atomic E-state index is 0.113. The lowest BCUT2D eigenvalue weighted by Gasteiger charge is -2.35. The topological polar surface area (TPSA) is 88.1 Å². The fraction of sp³-hybridized carbons (Fsp3) is 0.652. The van der Waals surface area contributed by atoms with Gasteiger partial charge in [-0.15, -0.1) is 0 Å². The molecule has 2 heterocycles. The monoisotopic (exact) mass is 472 g/mol. The maximum atomic E-state index is 12.2. The summed E-state index contributed by atoms with van der Waals surface area (Å²) in [6, 6.07) is 8.33. The molecule has 0 bridgehead atoms. The number of carbonyl (C=O) groups excluding carboxylic acids is 1. The van der Waals surface area contributed by atoms with Crippen LogP contribution in [0, 0.1) is 17.8 Å². The third-order valence-corrected chi connectivity index (χ3v) is 6.36. The number of carbonyl (C=O) groups is 2. The molecular formula is C23H31F3N2O5. The number of carboxylic acid groups (broad SMARTS) is 1. The molecule has 1 aliphatic carbocycles. The fourth-order valence-electron chi connectivity index (χ4n) is 4.34. The molecule has 0 spiro atoms. The second kappa shape index (κ2) is 11.2. The highest BCUT2D eigenvalue weighted by Crippen LogP contribution is 2.36. The Bertz CT molecular complexity index is 798. The molecule has 3 atom stereocenters. The van der Waals surface area contributed by atoms with Gasteiger partial charge in [0.15, 0.2) is 0 Å². The van der Waals surface area contributed by atoms with Crippen LogP contribution >= 0.6 is 0 Å². The van der Waals surface area contributed by atoms with Gasteiger partial charge < -0.3 is 19.9 Å². The molecule has 2 saturated heterocycles. The normalized spacial score (nSPS) is 24.9. The fourth-order valence-corrected chi connectivity index (χ4v) is 4.34. The summed E-state index contributed by atoms with van der Waals surface area (Å²) in [5, 5.41) is 10.2. The SMILES string of the molecule is COc1ccc(CN2CC[C@@H]3[C@@H](CO[C@H]3CC(=O)NCC3CC3)C2)cc1.O=C(O)C(F)(F)F. The second-order valence-corrected chi connectivity index (χ2v) is 8.92. The number of hydrogen-bond acceptors (Lipinski definition) is 5. The smallest absolute Gasteiger partial charge is 0.490 e. The molecule has 1 amide bonds. The number of rotatable bonds is 7. The first-order chi connectivity index (χ1) is 15.7. The standard InChI is InChI=1S/C21H30N2O3.C2HF3O2/c1-25-18-6-4-16(5-7-18)12-23-9-8-19-17(13-23)14-26-20(19)10-21(24)22-11-15-2-3-15;3-2(4,5)1(6)7/h4-7,15,17,19-20H,2-3,8-14H2,1H3,(H,22,24);(H,6,7)/t17-,19-,20+;/m1./s1. The van der Waals surface area contributed by atoms with Crippen LogP contribution in [0.2, 0.25) is 0 Å². The van der Waals surface area contributed by atoms with E-state index in [0.717, 1.165) is 50.9 Å². The number of halogens is 3. The summed E-state index contributed by atoms with van der Waals surface area (Å²) in [4.78, 5) is 23.6. The number of nitrogens with one attached hydrogen (secondary N) is 1. The number of fused-ring (bicyclic) bond motifs is 1. The number of hydrogen-bond donors (Lipinski definition) is 2. The molecule has 10 heteroatoms. The molecule has 0 radical (unpaired) electrons. The number of ether oxygens (including phenoxy) is 2. The number of carboxylic acids is 1. The number of methoxy groups -OCH3 is 1. The van der Waals surface area contributed by atoms with Gasteiger partial charge in [0.1, 0.15) is 5.75 Å². The van der Waals surface area contributed by atoms with Gasteiger partial charge in [-0.1, -0.05) is 12.1 Å². The van der Waals surface area contributed by atoms with Crippen LogP contribution in [0.3, 0.4) is 0 Å². The highest BCUT2D eigenvalue weighted by molar-refractivity contribution is 5.76. The molecular weight excluding hydrogens is 441 g/mol. The van der Waals surface area contributed by atoms with Crippen molar-refractivity contribution in [3.63, 3.8) is 0 Å². The Balaban J connectivity index is 0.000000383. The quantitative estimate of drug-likeness (QED) is 0.634. The van der Waals surface area contributed by atoms with Crippen molar-refractivity contribution in [2.24, 2.45) is 17.8 Å². The van der Waals surface area contributed by atoms with E-state index in [4.69, 9.17) is 19.4 Å². The maximum Gasteiger partial charge on any atom is 0.490 e. The highest BCUT2D eigenvalue weighted by Gasteiger charge is 2.41. The van der Waals surface area contributed by atoms with Crippen molar-refractivity contribution >= 4 is 11.9 Å². The van der Waals surface area contributed by atoms with Gasteiger partial charge in [0, 0.05) is 25.6 Å². The third kappa shape index (κ3) is 7.89. The molecule has 2 N–H and O–H groups in total. The summed E-state index contributed by atoms with van der Waals surface area (Å²) in [5.74, 6) is 0.143. The number of alkyl halides is 3. The second-order valence-electron chi connectivity index (χ2n) is 8.92. The van der Waals surface area contributed by atoms with E-state index in [9.17, 15) is 18.0 Å². The van der Waals surface area contributed by atoms with E-state index in [1.54, 1.807) is 7.11 Å². The zero-order valence-corrected chi connectivity index (χ0v) is 18.6. The van der Waals surface area contributed by atoms with Crippen LogP contribution in [-0.2, 0) is 20.9 Å². The highest BCUT2D eigenvalue weighted by atomic mass is 19.4. The molecule has 3 fully saturated rings. The lowest BCUT2D eigenvalue weighted by atomic mass is 9.83. The van der Waals surface area contributed by atoms with Crippen molar-refractivity contribution in [3.05, 3.63) is 29.8 Å². The summed E-state index contributed by atoms with van der Waals surface area (Å²) in [6.45, 7) is 4.77. The van der Waals surface area contributed by atoms with Gasteiger partial charge >= 0.3 is 12.1 Å².